The summed E-state index contributed by atoms with van der Waals surface area (Å²) >= 11 is 9.16. The Morgan fingerprint density at radius 1 is 1.29 bits per heavy atom. The van der Waals surface area contributed by atoms with Crippen molar-refractivity contribution in [2.75, 3.05) is 10.5 Å². The SMILES string of the molecule is Cc1cnc(Cl)c(NS(=O)(=O)c2cc(Br)cc(N)c2C)c1. The first-order chi connectivity index (χ1) is 9.70. The fourth-order valence-corrected chi connectivity index (χ4v) is 3.97. The summed E-state index contributed by atoms with van der Waals surface area (Å²) in [5, 5.41) is 0.0878. The van der Waals surface area contributed by atoms with Gasteiger partial charge in [-0.3, -0.25) is 4.72 Å². The standard InChI is InChI=1S/C13H13BrClN3O2S/c1-7-3-11(13(15)17-6-7)18-21(19,20)12-5-9(14)4-10(16)8(12)2/h3-6,18H,16H2,1-2H3. The highest BCUT2D eigenvalue weighted by atomic mass is 79.9. The Morgan fingerprint density at radius 3 is 2.62 bits per heavy atom. The van der Waals surface area contributed by atoms with Gasteiger partial charge in [-0.2, -0.15) is 0 Å². The number of hydrogen-bond donors (Lipinski definition) is 2. The minimum absolute atomic E-state index is 0.0878. The van der Waals surface area contributed by atoms with E-state index < -0.39 is 10.0 Å². The average molecular weight is 391 g/mol. The van der Waals surface area contributed by atoms with Crippen molar-refractivity contribution < 1.29 is 8.42 Å². The zero-order valence-corrected chi connectivity index (χ0v) is 14.5. The Bertz CT molecular complexity index is 809. The van der Waals surface area contributed by atoms with Crippen molar-refractivity contribution in [3.05, 3.63) is 45.1 Å². The molecule has 1 aromatic carbocycles. The Labute approximate surface area is 136 Å². The summed E-state index contributed by atoms with van der Waals surface area (Å²) in [7, 11) is -3.81. The molecule has 0 fully saturated rings. The van der Waals surface area contributed by atoms with E-state index in [9.17, 15) is 8.42 Å². The number of nitrogens with one attached hydrogen (secondary N) is 1. The molecule has 2 rings (SSSR count). The number of rotatable bonds is 3. The maximum Gasteiger partial charge on any atom is 0.262 e. The third-order valence-electron chi connectivity index (χ3n) is 2.87. The first-order valence-electron chi connectivity index (χ1n) is 5.91. The number of aromatic nitrogens is 1. The van der Waals surface area contributed by atoms with Crippen molar-refractivity contribution in [2.24, 2.45) is 0 Å². The molecule has 0 saturated carbocycles. The number of halogens is 2. The predicted octanol–water partition coefficient (Wildman–Crippen LogP) is 3.50. The van der Waals surface area contributed by atoms with Crippen molar-refractivity contribution >= 4 is 48.9 Å². The molecule has 0 radical (unpaired) electrons. The lowest BCUT2D eigenvalue weighted by Gasteiger charge is -2.13. The molecule has 0 unspecified atom stereocenters. The van der Waals surface area contributed by atoms with Crippen LogP contribution in [0, 0.1) is 13.8 Å². The fourth-order valence-electron chi connectivity index (χ4n) is 1.78. The summed E-state index contributed by atoms with van der Waals surface area (Å²) in [6, 6.07) is 4.75. The van der Waals surface area contributed by atoms with E-state index in [0.717, 1.165) is 5.56 Å². The second kappa shape index (κ2) is 5.82. The van der Waals surface area contributed by atoms with E-state index in [1.54, 1.807) is 32.2 Å². The van der Waals surface area contributed by atoms with Crippen LogP contribution in [0.5, 0.6) is 0 Å². The molecule has 0 aliphatic carbocycles. The van der Waals surface area contributed by atoms with Crippen molar-refractivity contribution in [3.63, 3.8) is 0 Å². The average Bonchev–Trinajstić information content (AvgIpc) is 2.37. The number of pyridine rings is 1. The summed E-state index contributed by atoms with van der Waals surface area (Å²) < 4.78 is 28.1. The highest BCUT2D eigenvalue weighted by Gasteiger charge is 2.20. The lowest BCUT2D eigenvalue weighted by Crippen LogP contribution is -2.15. The van der Waals surface area contributed by atoms with Gasteiger partial charge in [0.15, 0.2) is 5.15 Å². The summed E-state index contributed by atoms with van der Waals surface area (Å²) in [4.78, 5) is 4.01. The van der Waals surface area contributed by atoms with E-state index in [2.05, 4.69) is 25.6 Å². The molecule has 21 heavy (non-hydrogen) atoms. The van der Waals surface area contributed by atoms with E-state index in [1.165, 1.54) is 6.07 Å². The van der Waals surface area contributed by atoms with Crippen LogP contribution >= 0.6 is 27.5 Å². The molecular weight excluding hydrogens is 378 g/mol. The van der Waals surface area contributed by atoms with Gasteiger partial charge in [-0.15, -0.1) is 0 Å². The molecule has 1 heterocycles. The van der Waals surface area contributed by atoms with E-state index in [4.69, 9.17) is 17.3 Å². The minimum atomic E-state index is -3.81. The molecule has 112 valence electrons. The lowest BCUT2D eigenvalue weighted by atomic mass is 10.2. The minimum Gasteiger partial charge on any atom is -0.398 e. The molecule has 2 aromatic rings. The normalized spacial score (nSPS) is 11.4. The van der Waals surface area contributed by atoms with Crippen LogP contribution in [0.4, 0.5) is 11.4 Å². The van der Waals surface area contributed by atoms with Gasteiger partial charge in [0.1, 0.15) is 0 Å². The van der Waals surface area contributed by atoms with Crippen LogP contribution in [-0.4, -0.2) is 13.4 Å². The van der Waals surface area contributed by atoms with Gasteiger partial charge in [0.2, 0.25) is 0 Å². The molecule has 0 atom stereocenters. The highest BCUT2D eigenvalue weighted by molar-refractivity contribution is 9.10. The molecule has 3 N–H and O–H groups in total. The number of sulfonamides is 1. The monoisotopic (exact) mass is 389 g/mol. The molecule has 0 saturated heterocycles. The predicted molar refractivity (Wildman–Crippen MR) is 88.1 cm³/mol. The van der Waals surface area contributed by atoms with Gasteiger partial charge in [0.25, 0.3) is 10.0 Å². The number of nitrogens with zero attached hydrogens (tertiary/aromatic N) is 1. The number of benzene rings is 1. The smallest absolute Gasteiger partial charge is 0.262 e. The van der Waals surface area contributed by atoms with Crippen LogP contribution in [-0.2, 0) is 10.0 Å². The second-order valence-corrected chi connectivity index (χ2v) is 7.50. The number of nitrogen functional groups attached to an aromatic ring is 1. The van der Waals surface area contributed by atoms with Crippen molar-refractivity contribution in [1.29, 1.82) is 0 Å². The zero-order valence-electron chi connectivity index (χ0n) is 11.3. The van der Waals surface area contributed by atoms with Gasteiger partial charge in [-0.25, -0.2) is 13.4 Å². The van der Waals surface area contributed by atoms with E-state index in [1.807, 2.05) is 0 Å². The van der Waals surface area contributed by atoms with Gasteiger partial charge in [-0.1, -0.05) is 27.5 Å². The molecule has 0 aliphatic rings. The molecule has 0 bridgehead atoms. The number of hydrogen-bond acceptors (Lipinski definition) is 4. The van der Waals surface area contributed by atoms with Crippen molar-refractivity contribution in [3.8, 4) is 0 Å². The van der Waals surface area contributed by atoms with Crippen LogP contribution in [0.25, 0.3) is 0 Å². The molecule has 0 amide bonds. The first kappa shape index (κ1) is 16.1. The van der Waals surface area contributed by atoms with E-state index in [-0.39, 0.29) is 15.7 Å². The summed E-state index contributed by atoms with van der Waals surface area (Å²) in [5.74, 6) is 0. The number of aryl methyl sites for hydroxylation is 1. The lowest BCUT2D eigenvalue weighted by molar-refractivity contribution is 0.600. The number of anilines is 2. The molecular formula is C13H13BrClN3O2S. The Morgan fingerprint density at radius 2 is 1.95 bits per heavy atom. The molecule has 5 nitrogen and oxygen atoms in total. The summed E-state index contributed by atoms with van der Waals surface area (Å²) in [6.45, 7) is 3.44. The van der Waals surface area contributed by atoms with Crippen LogP contribution in [0.3, 0.4) is 0 Å². The first-order valence-corrected chi connectivity index (χ1v) is 8.56. The van der Waals surface area contributed by atoms with Crippen molar-refractivity contribution in [1.82, 2.24) is 4.98 Å². The Balaban J connectivity index is 2.51. The van der Waals surface area contributed by atoms with Crippen LogP contribution in [0.15, 0.2) is 33.8 Å². The maximum atomic E-state index is 12.5. The van der Waals surface area contributed by atoms with Gasteiger partial charge in [0.05, 0.1) is 10.6 Å². The quantitative estimate of drug-likeness (QED) is 0.620. The van der Waals surface area contributed by atoms with Gasteiger partial charge >= 0.3 is 0 Å². The van der Waals surface area contributed by atoms with Crippen LogP contribution in [0.1, 0.15) is 11.1 Å². The molecule has 1 aromatic heterocycles. The largest absolute Gasteiger partial charge is 0.398 e. The second-order valence-electron chi connectivity index (χ2n) is 4.57. The van der Waals surface area contributed by atoms with E-state index >= 15 is 0 Å². The van der Waals surface area contributed by atoms with Crippen LogP contribution < -0.4 is 10.5 Å². The maximum absolute atomic E-state index is 12.5. The van der Waals surface area contributed by atoms with Crippen molar-refractivity contribution in [2.45, 2.75) is 18.7 Å². The third kappa shape index (κ3) is 3.48. The van der Waals surface area contributed by atoms with Gasteiger partial charge in [-0.05, 0) is 43.2 Å². The topological polar surface area (TPSA) is 85.1 Å². The Kier molecular flexibility index (Phi) is 4.46. The van der Waals surface area contributed by atoms with Gasteiger partial charge < -0.3 is 5.73 Å². The van der Waals surface area contributed by atoms with Crippen LogP contribution in [0.2, 0.25) is 5.15 Å². The number of nitrogens with two attached hydrogens (primary N) is 1. The fraction of sp³-hybridized carbons (Fsp3) is 0.154. The molecule has 0 spiro atoms. The highest BCUT2D eigenvalue weighted by Crippen LogP contribution is 2.29. The summed E-state index contributed by atoms with van der Waals surface area (Å²) in [6.07, 6.45) is 1.56. The van der Waals surface area contributed by atoms with E-state index in [0.29, 0.717) is 15.7 Å². The zero-order chi connectivity index (χ0) is 15.8. The molecule has 8 heteroatoms. The summed E-state index contributed by atoms with van der Waals surface area (Å²) in [5.41, 5.74) is 7.69. The third-order valence-corrected chi connectivity index (χ3v) is 5.13. The van der Waals surface area contributed by atoms with Gasteiger partial charge in [0, 0.05) is 16.4 Å². The Hall–Kier alpha value is -1.31. The molecule has 0 aliphatic heterocycles.